The van der Waals surface area contributed by atoms with Gasteiger partial charge in [0.1, 0.15) is 5.69 Å². The highest BCUT2D eigenvalue weighted by Crippen LogP contribution is 2.54. The number of fused-ring (bicyclic) bond motifs is 1. The van der Waals surface area contributed by atoms with Crippen molar-refractivity contribution in [3.8, 4) is 0 Å². The normalized spacial score (nSPS) is 19.8. The Kier molecular flexibility index (Phi) is 4.95. The lowest BCUT2D eigenvalue weighted by atomic mass is 10.00. The van der Waals surface area contributed by atoms with Crippen molar-refractivity contribution in [1.82, 2.24) is 0 Å². The maximum atomic E-state index is 14.4. The van der Waals surface area contributed by atoms with Crippen molar-refractivity contribution in [2.45, 2.75) is 31.1 Å². The highest BCUT2D eigenvalue weighted by molar-refractivity contribution is 6.01. The topological polar surface area (TPSA) is 95.7 Å². The molecule has 2 rings (SSSR count). The van der Waals surface area contributed by atoms with E-state index in [4.69, 9.17) is 0 Å². The molecule has 1 unspecified atom stereocenters. The molecule has 1 aliphatic heterocycles. The lowest BCUT2D eigenvalue weighted by Crippen LogP contribution is -2.65. The predicted molar refractivity (Wildman–Crippen MR) is 80.7 cm³/mol. The molecule has 0 spiro atoms. The zero-order chi connectivity index (χ0) is 21.7. The molecule has 0 saturated carbocycles. The fraction of sp³-hybridized carbons (Fsp3) is 0.357. The molecule has 1 aliphatic rings. The molecule has 0 aromatic heterocycles. The van der Waals surface area contributed by atoms with Gasteiger partial charge in [0, 0.05) is 6.07 Å². The second kappa shape index (κ2) is 6.53. The zero-order valence-corrected chi connectivity index (χ0v) is 13.6. The van der Waals surface area contributed by atoms with Crippen LogP contribution in [0.5, 0.6) is 0 Å². The number of carbonyl (C=O) groups is 1. The molecule has 1 aromatic carbocycles. The van der Waals surface area contributed by atoms with E-state index in [2.05, 4.69) is 0 Å². The van der Waals surface area contributed by atoms with E-state index < -0.39 is 62.7 Å². The number of amides is 1. The van der Waals surface area contributed by atoms with Crippen molar-refractivity contribution in [2.75, 3.05) is 10.2 Å². The van der Waals surface area contributed by atoms with Gasteiger partial charge >= 0.3 is 24.6 Å². The molecule has 1 amide bonds. The summed E-state index contributed by atoms with van der Waals surface area (Å²) in [5.41, 5.74) is -9.01. The monoisotopic (exact) mass is 417 g/mol. The number of rotatable bonds is 4. The van der Waals surface area contributed by atoms with Crippen LogP contribution in [-0.2, 0) is 6.18 Å². The molecule has 28 heavy (non-hydrogen) atoms. The van der Waals surface area contributed by atoms with Crippen LogP contribution in [0.3, 0.4) is 0 Å². The van der Waals surface area contributed by atoms with Gasteiger partial charge in [-0.05, 0) is 19.1 Å². The van der Waals surface area contributed by atoms with Gasteiger partial charge < -0.3 is 10.4 Å². The SMILES string of the molecule is CC=CC1(C(F)(F)C(F)F)Nc2c(cc(C(F)(F)F)cc2[N+](=O)[O-])N1C(=O)O. The summed E-state index contributed by atoms with van der Waals surface area (Å²) in [5, 5.41) is 22.1. The number of nitro groups is 1. The smallest absolute Gasteiger partial charge is 0.416 e. The van der Waals surface area contributed by atoms with E-state index in [0.717, 1.165) is 13.0 Å². The number of nitrogens with one attached hydrogen (secondary N) is 1. The third-order valence-corrected chi connectivity index (χ3v) is 3.91. The van der Waals surface area contributed by atoms with Gasteiger partial charge in [0.25, 0.3) is 5.69 Å². The van der Waals surface area contributed by atoms with Crippen LogP contribution in [0.4, 0.5) is 52.6 Å². The minimum Gasteiger partial charge on any atom is -0.465 e. The van der Waals surface area contributed by atoms with Crippen molar-refractivity contribution in [2.24, 2.45) is 0 Å². The van der Waals surface area contributed by atoms with Crippen LogP contribution in [-0.4, -0.2) is 34.1 Å². The van der Waals surface area contributed by atoms with Crippen molar-refractivity contribution in [1.29, 1.82) is 0 Å². The summed E-state index contributed by atoms with van der Waals surface area (Å²) >= 11 is 0. The summed E-state index contributed by atoms with van der Waals surface area (Å²) in [6.07, 6.45) is -11.0. The average molecular weight is 417 g/mol. The average Bonchev–Trinajstić information content (AvgIpc) is 2.88. The minimum atomic E-state index is -5.21. The van der Waals surface area contributed by atoms with Crippen LogP contribution < -0.4 is 10.2 Å². The van der Waals surface area contributed by atoms with Crippen LogP contribution >= 0.6 is 0 Å². The maximum absolute atomic E-state index is 14.4. The summed E-state index contributed by atoms with van der Waals surface area (Å²) in [5.74, 6) is -5.18. The number of nitrogens with zero attached hydrogens (tertiary/aromatic N) is 2. The van der Waals surface area contributed by atoms with E-state index in [9.17, 15) is 50.7 Å². The Bertz CT molecular complexity index is 856. The van der Waals surface area contributed by atoms with Crippen molar-refractivity contribution < 1.29 is 45.6 Å². The molecule has 0 fully saturated rings. The fourth-order valence-electron chi connectivity index (χ4n) is 2.78. The standard InChI is InChI=1S/C14H10F7N3O4/c1-2-3-12(13(17,18)10(15)16)22-9-7(23(12)11(25)26)4-6(14(19,20)21)5-8(9)24(27)28/h2-5,10,22H,1H3,(H,25,26). The first-order valence-electron chi connectivity index (χ1n) is 7.21. The summed E-state index contributed by atoms with van der Waals surface area (Å²) in [6, 6.07) is 0.0361. The number of nitro benzene ring substituents is 1. The number of hydrogen-bond donors (Lipinski definition) is 2. The van der Waals surface area contributed by atoms with Crippen LogP contribution in [0.15, 0.2) is 24.3 Å². The van der Waals surface area contributed by atoms with Gasteiger partial charge in [-0.2, -0.15) is 22.0 Å². The Morgan fingerprint density at radius 2 is 1.89 bits per heavy atom. The molecule has 1 aromatic rings. The van der Waals surface area contributed by atoms with E-state index >= 15 is 0 Å². The summed E-state index contributed by atoms with van der Waals surface area (Å²) in [6.45, 7) is 1.06. The first-order chi connectivity index (χ1) is 12.7. The quantitative estimate of drug-likeness (QED) is 0.321. The largest absolute Gasteiger partial charge is 0.465 e. The number of allylic oxidation sites excluding steroid dienone is 1. The van der Waals surface area contributed by atoms with Crippen molar-refractivity contribution in [3.63, 3.8) is 0 Å². The van der Waals surface area contributed by atoms with Gasteiger partial charge in [-0.15, -0.1) is 0 Å². The maximum Gasteiger partial charge on any atom is 0.416 e. The van der Waals surface area contributed by atoms with Crippen LogP contribution in [0.2, 0.25) is 0 Å². The Balaban J connectivity index is 2.93. The van der Waals surface area contributed by atoms with Gasteiger partial charge in [0.15, 0.2) is 0 Å². The van der Waals surface area contributed by atoms with E-state index in [-0.39, 0.29) is 18.2 Å². The van der Waals surface area contributed by atoms with E-state index in [1.54, 1.807) is 5.32 Å². The third kappa shape index (κ3) is 2.97. The lowest BCUT2D eigenvalue weighted by molar-refractivity contribution is -0.384. The summed E-state index contributed by atoms with van der Waals surface area (Å²) < 4.78 is 94.0. The lowest BCUT2D eigenvalue weighted by Gasteiger charge is -2.39. The first-order valence-corrected chi connectivity index (χ1v) is 7.21. The molecule has 2 N–H and O–H groups in total. The Hall–Kier alpha value is -3.06. The minimum absolute atomic E-state index is 0.0158. The zero-order valence-electron chi connectivity index (χ0n) is 13.6. The van der Waals surface area contributed by atoms with Crippen LogP contribution in [0, 0.1) is 10.1 Å². The van der Waals surface area contributed by atoms with Gasteiger partial charge in [-0.1, -0.05) is 6.08 Å². The summed E-state index contributed by atoms with van der Waals surface area (Å²) in [4.78, 5) is 20.9. The fourth-order valence-corrected chi connectivity index (χ4v) is 2.78. The molecule has 0 aliphatic carbocycles. The van der Waals surface area contributed by atoms with Gasteiger partial charge in [0.2, 0.25) is 5.66 Å². The number of halogens is 7. The number of hydrogen-bond acceptors (Lipinski definition) is 4. The molecule has 0 bridgehead atoms. The van der Waals surface area contributed by atoms with E-state index in [1.165, 1.54) is 0 Å². The molecule has 1 atom stereocenters. The molecular formula is C14H10F7N3O4. The molecule has 154 valence electrons. The second-order valence-electron chi connectivity index (χ2n) is 5.58. The number of alkyl halides is 7. The Labute approximate surface area is 151 Å². The highest BCUT2D eigenvalue weighted by Gasteiger charge is 2.67. The molecule has 7 nitrogen and oxygen atoms in total. The van der Waals surface area contributed by atoms with Gasteiger partial charge in [-0.3, -0.25) is 10.1 Å². The first kappa shape index (κ1) is 21.2. The van der Waals surface area contributed by atoms with Crippen molar-refractivity contribution >= 4 is 23.2 Å². The number of anilines is 2. The van der Waals surface area contributed by atoms with E-state index in [1.807, 2.05) is 0 Å². The Morgan fingerprint density at radius 1 is 1.32 bits per heavy atom. The second-order valence-corrected chi connectivity index (χ2v) is 5.58. The third-order valence-electron chi connectivity index (χ3n) is 3.91. The van der Waals surface area contributed by atoms with Crippen LogP contribution in [0.25, 0.3) is 0 Å². The molecule has 1 heterocycles. The number of benzene rings is 1. The predicted octanol–water partition coefficient (Wildman–Crippen LogP) is 4.70. The van der Waals surface area contributed by atoms with Gasteiger partial charge in [-0.25, -0.2) is 18.5 Å². The van der Waals surface area contributed by atoms with Gasteiger partial charge in [0.05, 0.1) is 16.2 Å². The molecule has 14 heteroatoms. The van der Waals surface area contributed by atoms with Crippen LogP contribution in [0.1, 0.15) is 12.5 Å². The Morgan fingerprint density at radius 3 is 2.29 bits per heavy atom. The van der Waals surface area contributed by atoms with E-state index in [0.29, 0.717) is 0 Å². The number of carboxylic acid groups (broad SMARTS) is 1. The molecule has 0 saturated heterocycles. The molecular weight excluding hydrogens is 407 g/mol. The van der Waals surface area contributed by atoms with Crippen molar-refractivity contribution in [3.05, 3.63) is 40.0 Å². The molecule has 0 radical (unpaired) electrons. The highest BCUT2D eigenvalue weighted by atomic mass is 19.4. The summed E-state index contributed by atoms with van der Waals surface area (Å²) in [7, 11) is 0.